The molecule has 0 radical (unpaired) electrons. The van der Waals surface area contributed by atoms with E-state index in [2.05, 4.69) is 35.6 Å². The molecule has 2 saturated carbocycles. The molecule has 1 aromatic rings. The SMILES string of the molecule is c1ccc(C2CC2NC2CC2)cc1. The maximum absolute atomic E-state index is 3.68. The lowest BCUT2D eigenvalue weighted by atomic mass is 10.1. The topological polar surface area (TPSA) is 12.0 Å². The molecule has 2 fully saturated rings. The Morgan fingerprint density at radius 3 is 2.54 bits per heavy atom. The van der Waals surface area contributed by atoms with Crippen LogP contribution in [-0.4, -0.2) is 12.1 Å². The van der Waals surface area contributed by atoms with Crippen molar-refractivity contribution < 1.29 is 0 Å². The monoisotopic (exact) mass is 173 g/mol. The van der Waals surface area contributed by atoms with Crippen molar-refractivity contribution in [3.05, 3.63) is 35.9 Å². The van der Waals surface area contributed by atoms with E-state index in [9.17, 15) is 0 Å². The Hall–Kier alpha value is -0.820. The highest BCUT2D eigenvalue weighted by molar-refractivity contribution is 5.27. The lowest BCUT2D eigenvalue weighted by molar-refractivity contribution is 0.668. The van der Waals surface area contributed by atoms with Gasteiger partial charge in [-0.3, -0.25) is 0 Å². The number of nitrogens with one attached hydrogen (secondary N) is 1. The Labute approximate surface area is 79.2 Å². The molecule has 2 atom stereocenters. The van der Waals surface area contributed by atoms with Crippen LogP contribution in [0.5, 0.6) is 0 Å². The lowest BCUT2D eigenvalue weighted by Gasteiger charge is -2.01. The van der Waals surface area contributed by atoms with Crippen LogP contribution in [0.3, 0.4) is 0 Å². The summed E-state index contributed by atoms with van der Waals surface area (Å²) in [7, 11) is 0. The molecule has 2 unspecified atom stereocenters. The highest BCUT2D eigenvalue weighted by Gasteiger charge is 2.41. The molecule has 0 spiro atoms. The summed E-state index contributed by atoms with van der Waals surface area (Å²) < 4.78 is 0. The first-order chi connectivity index (χ1) is 6.43. The molecule has 0 aliphatic heterocycles. The maximum Gasteiger partial charge on any atom is 0.0145 e. The standard InChI is InChI=1S/C12H15N/c1-2-4-9(5-3-1)11-8-12(11)13-10-6-7-10/h1-5,10-13H,6-8H2. The van der Waals surface area contributed by atoms with Gasteiger partial charge in [-0.2, -0.15) is 0 Å². The summed E-state index contributed by atoms with van der Waals surface area (Å²) in [4.78, 5) is 0. The van der Waals surface area contributed by atoms with Crippen molar-refractivity contribution in [3.63, 3.8) is 0 Å². The van der Waals surface area contributed by atoms with E-state index in [1.54, 1.807) is 0 Å². The van der Waals surface area contributed by atoms with Gasteiger partial charge >= 0.3 is 0 Å². The van der Waals surface area contributed by atoms with Gasteiger partial charge in [0.05, 0.1) is 0 Å². The first-order valence-corrected chi connectivity index (χ1v) is 5.24. The maximum atomic E-state index is 3.68. The minimum Gasteiger partial charge on any atom is -0.311 e. The van der Waals surface area contributed by atoms with Crippen LogP contribution in [0.4, 0.5) is 0 Å². The van der Waals surface area contributed by atoms with Crippen LogP contribution in [0.1, 0.15) is 30.7 Å². The Balaban J connectivity index is 1.63. The molecular weight excluding hydrogens is 158 g/mol. The van der Waals surface area contributed by atoms with Crippen LogP contribution in [0.15, 0.2) is 30.3 Å². The normalized spacial score (nSPS) is 31.7. The molecule has 3 rings (SSSR count). The lowest BCUT2D eigenvalue weighted by Crippen LogP contribution is -2.19. The molecule has 1 aromatic carbocycles. The molecule has 1 nitrogen and oxygen atoms in total. The smallest absolute Gasteiger partial charge is 0.0145 e. The molecule has 0 saturated heterocycles. The quantitative estimate of drug-likeness (QED) is 0.739. The zero-order valence-corrected chi connectivity index (χ0v) is 7.74. The Morgan fingerprint density at radius 1 is 1.08 bits per heavy atom. The zero-order valence-electron chi connectivity index (χ0n) is 7.74. The van der Waals surface area contributed by atoms with Crippen LogP contribution >= 0.6 is 0 Å². The summed E-state index contributed by atoms with van der Waals surface area (Å²) in [6, 6.07) is 12.5. The molecule has 0 bridgehead atoms. The first kappa shape index (κ1) is 7.57. The van der Waals surface area contributed by atoms with Gasteiger partial charge in [0.1, 0.15) is 0 Å². The summed E-state index contributed by atoms with van der Waals surface area (Å²) in [5.74, 6) is 0.807. The van der Waals surface area contributed by atoms with E-state index in [0.717, 1.165) is 18.0 Å². The minimum atomic E-state index is 0.787. The fourth-order valence-corrected chi connectivity index (χ4v) is 2.00. The van der Waals surface area contributed by atoms with Crippen molar-refractivity contribution in [2.45, 2.75) is 37.3 Å². The van der Waals surface area contributed by atoms with Crippen LogP contribution in [0, 0.1) is 0 Å². The van der Waals surface area contributed by atoms with E-state index in [-0.39, 0.29) is 0 Å². The van der Waals surface area contributed by atoms with Gasteiger partial charge in [0.2, 0.25) is 0 Å². The first-order valence-electron chi connectivity index (χ1n) is 5.24. The fraction of sp³-hybridized carbons (Fsp3) is 0.500. The largest absolute Gasteiger partial charge is 0.311 e. The van der Waals surface area contributed by atoms with Crippen molar-refractivity contribution in [2.24, 2.45) is 0 Å². The molecular formula is C12H15N. The molecule has 0 aromatic heterocycles. The van der Waals surface area contributed by atoms with Crippen molar-refractivity contribution in [3.8, 4) is 0 Å². The third-order valence-corrected chi connectivity index (χ3v) is 3.05. The molecule has 1 N–H and O–H groups in total. The summed E-state index contributed by atoms with van der Waals surface area (Å²) >= 11 is 0. The van der Waals surface area contributed by atoms with E-state index in [1.807, 2.05) is 0 Å². The van der Waals surface area contributed by atoms with Gasteiger partial charge < -0.3 is 5.32 Å². The molecule has 13 heavy (non-hydrogen) atoms. The highest BCUT2D eigenvalue weighted by Crippen LogP contribution is 2.42. The molecule has 0 amide bonds. The molecule has 2 aliphatic rings. The summed E-state index contributed by atoms with van der Waals surface area (Å²) in [5.41, 5.74) is 1.51. The predicted octanol–water partition coefficient (Wildman–Crippen LogP) is 2.29. The van der Waals surface area contributed by atoms with Gasteiger partial charge in [-0.05, 0) is 24.8 Å². The van der Waals surface area contributed by atoms with Gasteiger partial charge in [-0.15, -0.1) is 0 Å². The van der Waals surface area contributed by atoms with Gasteiger partial charge in [0.15, 0.2) is 0 Å². The Morgan fingerprint density at radius 2 is 1.85 bits per heavy atom. The average molecular weight is 173 g/mol. The Bertz CT molecular complexity index is 289. The highest BCUT2D eigenvalue weighted by atomic mass is 15.0. The van der Waals surface area contributed by atoms with Crippen molar-refractivity contribution in [2.75, 3.05) is 0 Å². The van der Waals surface area contributed by atoms with Crippen LogP contribution in [0.2, 0.25) is 0 Å². The van der Waals surface area contributed by atoms with Gasteiger partial charge in [-0.25, -0.2) is 0 Å². The van der Waals surface area contributed by atoms with Gasteiger partial charge in [0, 0.05) is 18.0 Å². The Kier molecular flexibility index (Phi) is 1.66. The summed E-state index contributed by atoms with van der Waals surface area (Å²) in [6.07, 6.45) is 4.15. The predicted molar refractivity (Wildman–Crippen MR) is 53.7 cm³/mol. The van der Waals surface area contributed by atoms with Crippen LogP contribution in [-0.2, 0) is 0 Å². The minimum absolute atomic E-state index is 0.787. The third kappa shape index (κ3) is 1.61. The number of hydrogen-bond acceptors (Lipinski definition) is 1. The average Bonchev–Trinajstić information content (AvgIpc) is 3.04. The van der Waals surface area contributed by atoms with E-state index < -0.39 is 0 Å². The van der Waals surface area contributed by atoms with Gasteiger partial charge in [-0.1, -0.05) is 30.3 Å². The van der Waals surface area contributed by atoms with Crippen LogP contribution in [0.25, 0.3) is 0 Å². The number of rotatable bonds is 3. The van der Waals surface area contributed by atoms with E-state index in [0.29, 0.717) is 0 Å². The second-order valence-electron chi connectivity index (χ2n) is 4.30. The zero-order chi connectivity index (χ0) is 8.67. The number of benzene rings is 1. The third-order valence-electron chi connectivity index (χ3n) is 3.05. The van der Waals surface area contributed by atoms with Crippen molar-refractivity contribution in [1.82, 2.24) is 5.32 Å². The van der Waals surface area contributed by atoms with E-state index >= 15 is 0 Å². The molecule has 0 heterocycles. The van der Waals surface area contributed by atoms with Crippen LogP contribution < -0.4 is 5.32 Å². The number of hydrogen-bond donors (Lipinski definition) is 1. The second-order valence-corrected chi connectivity index (χ2v) is 4.30. The summed E-state index contributed by atoms with van der Waals surface area (Å²) in [5, 5.41) is 3.68. The molecule has 68 valence electrons. The van der Waals surface area contributed by atoms with E-state index in [4.69, 9.17) is 0 Å². The van der Waals surface area contributed by atoms with Crippen molar-refractivity contribution >= 4 is 0 Å². The van der Waals surface area contributed by atoms with Gasteiger partial charge in [0.25, 0.3) is 0 Å². The van der Waals surface area contributed by atoms with E-state index in [1.165, 1.54) is 24.8 Å². The molecule has 1 heteroatoms. The van der Waals surface area contributed by atoms with Crippen molar-refractivity contribution in [1.29, 1.82) is 0 Å². The molecule has 2 aliphatic carbocycles. The summed E-state index contributed by atoms with van der Waals surface area (Å²) in [6.45, 7) is 0. The fourth-order valence-electron chi connectivity index (χ4n) is 2.00. The second kappa shape index (κ2) is 2.85.